The predicted molar refractivity (Wildman–Crippen MR) is 52.9 cm³/mol. The van der Waals surface area contributed by atoms with E-state index < -0.39 is 11.1 Å². The molecule has 0 spiro atoms. The third-order valence-corrected chi connectivity index (χ3v) is 2.25. The van der Waals surface area contributed by atoms with E-state index in [2.05, 4.69) is 11.4 Å². The summed E-state index contributed by atoms with van der Waals surface area (Å²) in [5.74, 6) is 0. The Morgan fingerprint density at radius 1 is 1.44 bits per heavy atom. The Morgan fingerprint density at radius 3 is 2.94 bits per heavy atom. The molecule has 1 aromatic heterocycles. The molecule has 0 aliphatic carbocycles. The molecule has 1 aliphatic rings. The van der Waals surface area contributed by atoms with Gasteiger partial charge in [0.15, 0.2) is 6.29 Å². The van der Waals surface area contributed by atoms with Crippen LogP contribution in [0.3, 0.4) is 0 Å². The van der Waals surface area contributed by atoms with Crippen molar-refractivity contribution >= 4 is 0 Å². The summed E-state index contributed by atoms with van der Waals surface area (Å²) in [5.41, 5.74) is -1.41. The minimum absolute atomic E-state index is 0.306. The third kappa shape index (κ3) is 2.56. The van der Waals surface area contributed by atoms with Gasteiger partial charge in [-0.15, -0.1) is 0 Å². The van der Waals surface area contributed by atoms with Crippen molar-refractivity contribution in [3.63, 3.8) is 0 Å². The summed E-state index contributed by atoms with van der Waals surface area (Å²) in [6.45, 7) is 1.63. The largest absolute Gasteiger partial charge is 0.353 e. The van der Waals surface area contributed by atoms with Gasteiger partial charge in [0, 0.05) is 13.0 Å². The molecule has 1 radical (unpaired) electrons. The first-order valence-corrected chi connectivity index (χ1v) is 5.08. The van der Waals surface area contributed by atoms with Gasteiger partial charge in [-0.2, -0.15) is 5.10 Å². The number of nitrogens with one attached hydrogen (secondary N) is 1. The number of nitrogens with zero attached hydrogens (tertiary/aromatic N) is 2. The Hall–Kier alpha value is -1.47. The van der Waals surface area contributed by atoms with Crippen molar-refractivity contribution < 1.29 is 9.47 Å². The molecule has 16 heavy (non-hydrogen) atoms. The first kappa shape index (κ1) is 11.0. The monoisotopic (exact) mass is 226 g/mol. The zero-order chi connectivity index (χ0) is 11.4. The van der Waals surface area contributed by atoms with Crippen molar-refractivity contribution in [2.75, 3.05) is 13.2 Å². The van der Waals surface area contributed by atoms with E-state index in [1.165, 1.54) is 0 Å². The second-order valence-electron chi connectivity index (χ2n) is 3.42. The first-order chi connectivity index (χ1) is 7.77. The van der Waals surface area contributed by atoms with Gasteiger partial charge >= 0.3 is 11.1 Å². The number of rotatable bonds is 3. The van der Waals surface area contributed by atoms with Crippen LogP contribution in [-0.4, -0.2) is 34.3 Å². The molecule has 7 nitrogen and oxygen atoms in total. The van der Waals surface area contributed by atoms with E-state index in [-0.39, 0.29) is 6.29 Å². The summed E-state index contributed by atoms with van der Waals surface area (Å²) in [4.78, 5) is 22.3. The second-order valence-corrected chi connectivity index (χ2v) is 3.42. The van der Waals surface area contributed by atoms with E-state index in [1.54, 1.807) is 0 Å². The molecule has 0 atom stereocenters. The molecule has 7 heteroatoms. The van der Waals surface area contributed by atoms with Gasteiger partial charge in [0.1, 0.15) is 0 Å². The highest BCUT2D eigenvalue weighted by Crippen LogP contribution is 2.08. The van der Waals surface area contributed by atoms with Crippen LogP contribution in [-0.2, 0) is 16.0 Å². The average molecular weight is 226 g/mol. The van der Waals surface area contributed by atoms with Crippen LogP contribution in [0.5, 0.6) is 0 Å². The van der Waals surface area contributed by atoms with Crippen molar-refractivity contribution in [3.05, 3.63) is 27.0 Å². The smallest absolute Gasteiger partial charge is 0.330 e. The maximum absolute atomic E-state index is 11.3. The van der Waals surface area contributed by atoms with Gasteiger partial charge in [0.05, 0.1) is 13.2 Å². The number of ether oxygens (including phenoxy) is 2. The minimum Gasteiger partial charge on any atom is -0.353 e. The number of hydrogen-bond acceptors (Lipinski definition) is 5. The lowest BCUT2D eigenvalue weighted by Gasteiger charge is -2.23. The lowest BCUT2D eigenvalue weighted by molar-refractivity contribution is -0.182. The molecule has 2 rings (SSSR count). The summed E-state index contributed by atoms with van der Waals surface area (Å²) >= 11 is 0. The molecular weight excluding hydrogens is 214 g/mol. The molecular formula is C9H12N3O4. The molecule has 1 aromatic rings. The number of hydrogen-bond donors (Lipinski definition) is 1. The van der Waals surface area contributed by atoms with Gasteiger partial charge in [-0.1, -0.05) is 0 Å². The number of aromatic amines is 1. The van der Waals surface area contributed by atoms with Crippen molar-refractivity contribution in [2.24, 2.45) is 0 Å². The van der Waals surface area contributed by atoms with E-state index in [0.717, 1.165) is 11.0 Å². The van der Waals surface area contributed by atoms with Crippen molar-refractivity contribution in [1.29, 1.82) is 0 Å². The van der Waals surface area contributed by atoms with E-state index in [4.69, 9.17) is 9.47 Å². The highest BCUT2D eigenvalue weighted by Gasteiger charge is 2.14. The molecule has 2 heterocycles. The van der Waals surface area contributed by atoms with Crippen LogP contribution in [0.4, 0.5) is 0 Å². The van der Waals surface area contributed by atoms with Crippen LogP contribution >= 0.6 is 0 Å². The van der Waals surface area contributed by atoms with Gasteiger partial charge in [0.25, 0.3) is 0 Å². The lowest BCUT2D eigenvalue weighted by Crippen LogP contribution is -2.38. The molecule has 1 saturated heterocycles. The van der Waals surface area contributed by atoms with E-state index in [0.29, 0.717) is 26.2 Å². The normalized spacial score (nSPS) is 17.5. The zero-order valence-electron chi connectivity index (χ0n) is 8.64. The SMILES string of the molecule is O=c1[nH]n[c]n(CCC2OCCCO2)c1=O. The van der Waals surface area contributed by atoms with Crippen LogP contribution in [0.1, 0.15) is 12.8 Å². The molecule has 87 valence electrons. The molecule has 0 unspecified atom stereocenters. The molecule has 0 aromatic carbocycles. The van der Waals surface area contributed by atoms with Gasteiger partial charge in [-0.3, -0.25) is 14.2 Å². The van der Waals surface area contributed by atoms with Gasteiger partial charge in [-0.05, 0) is 6.42 Å². The topological polar surface area (TPSA) is 86.2 Å². The summed E-state index contributed by atoms with van der Waals surface area (Å²) in [6.07, 6.45) is 3.48. The van der Waals surface area contributed by atoms with Crippen molar-refractivity contribution in [3.8, 4) is 0 Å². The van der Waals surface area contributed by atoms with Crippen LogP contribution in [0, 0.1) is 6.33 Å². The maximum Gasteiger partial charge on any atom is 0.330 e. The molecule has 1 N–H and O–H groups in total. The molecule has 0 saturated carbocycles. The highest BCUT2D eigenvalue weighted by atomic mass is 16.7. The lowest BCUT2D eigenvalue weighted by atomic mass is 10.3. The predicted octanol–water partition coefficient (Wildman–Crippen LogP) is -1.12. The summed E-state index contributed by atoms with van der Waals surface area (Å²) in [5, 5.41) is 5.45. The third-order valence-electron chi connectivity index (χ3n) is 2.25. The van der Waals surface area contributed by atoms with Crippen molar-refractivity contribution in [1.82, 2.24) is 14.8 Å². The fourth-order valence-electron chi connectivity index (χ4n) is 1.44. The van der Waals surface area contributed by atoms with Crippen LogP contribution in [0.25, 0.3) is 0 Å². The fourth-order valence-corrected chi connectivity index (χ4v) is 1.44. The van der Waals surface area contributed by atoms with Gasteiger partial charge in [0.2, 0.25) is 6.33 Å². The Labute approximate surface area is 91.0 Å². The van der Waals surface area contributed by atoms with E-state index in [9.17, 15) is 9.59 Å². The standard InChI is InChI=1S/C9H12N3O4/c13-8-9(14)12(6-10-11-8)3-2-7-15-4-1-5-16-7/h7H,1-5H2,(H,11,13). The first-order valence-electron chi connectivity index (χ1n) is 5.08. The second kappa shape index (κ2) is 5.04. The Morgan fingerprint density at radius 2 is 2.19 bits per heavy atom. The Balaban J connectivity index is 1.96. The number of aromatic nitrogens is 3. The van der Waals surface area contributed by atoms with E-state index >= 15 is 0 Å². The Bertz CT molecular complexity index is 447. The summed E-state index contributed by atoms with van der Waals surface area (Å²) in [6, 6.07) is 0. The zero-order valence-corrected chi connectivity index (χ0v) is 8.64. The van der Waals surface area contributed by atoms with Gasteiger partial charge < -0.3 is 9.47 Å². The summed E-state index contributed by atoms with van der Waals surface area (Å²) < 4.78 is 11.7. The van der Waals surface area contributed by atoms with Crippen LogP contribution in [0.15, 0.2) is 9.59 Å². The highest BCUT2D eigenvalue weighted by molar-refractivity contribution is 4.73. The molecule has 0 amide bonds. The fraction of sp³-hybridized carbons (Fsp3) is 0.667. The number of H-pyrrole nitrogens is 1. The Kier molecular flexibility index (Phi) is 3.47. The molecule has 1 aliphatic heterocycles. The quantitative estimate of drug-likeness (QED) is 0.660. The van der Waals surface area contributed by atoms with Gasteiger partial charge in [-0.25, -0.2) is 5.10 Å². The average Bonchev–Trinajstić information content (AvgIpc) is 2.32. The molecule has 0 bridgehead atoms. The van der Waals surface area contributed by atoms with Crippen molar-refractivity contribution in [2.45, 2.75) is 25.7 Å². The maximum atomic E-state index is 11.3. The van der Waals surface area contributed by atoms with Crippen LogP contribution in [0.2, 0.25) is 0 Å². The van der Waals surface area contributed by atoms with E-state index in [1.807, 2.05) is 5.10 Å². The minimum atomic E-state index is -0.746. The van der Waals surface area contributed by atoms with Crippen LogP contribution < -0.4 is 11.1 Å². The number of aryl methyl sites for hydroxylation is 1. The molecule has 1 fully saturated rings. The summed E-state index contributed by atoms with van der Waals surface area (Å²) in [7, 11) is 0.